The lowest BCUT2D eigenvalue weighted by molar-refractivity contribution is 0.165. The average Bonchev–Trinajstić information content (AvgIpc) is 2.59. The van der Waals surface area contributed by atoms with Gasteiger partial charge in [0.2, 0.25) is 0 Å². The van der Waals surface area contributed by atoms with Gasteiger partial charge in [0.25, 0.3) is 0 Å². The van der Waals surface area contributed by atoms with Crippen LogP contribution in [-0.4, -0.2) is 19.3 Å². The first kappa shape index (κ1) is 11.0. The molecular formula is C10H22N2O. The van der Waals surface area contributed by atoms with Gasteiger partial charge in [0, 0.05) is 18.6 Å². The van der Waals surface area contributed by atoms with Gasteiger partial charge in [-0.1, -0.05) is 20.3 Å². The summed E-state index contributed by atoms with van der Waals surface area (Å²) in [6.07, 6.45) is 3.63. The minimum Gasteiger partial charge on any atom is -0.381 e. The molecule has 1 rings (SSSR count). The number of rotatable bonds is 5. The van der Waals surface area contributed by atoms with Crippen LogP contribution in [0.2, 0.25) is 0 Å². The molecule has 3 N–H and O–H groups in total. The lowest BCUT2D eigenvalue weighted by Gasteiger charge is -2.27. The summed E-state index contributed by atoms with van der Waals surface area (Å²) in [4.78, 5) is 0. The van der Waals surface area contributed by atoms with E-state index in [-0.39, 0.29) is 0 Å². The van der Waals surface area contributed by atoms with Gasteiger partial charge in [-0.25, -0.2) is 0 Å². The summed E-state index contributed by atoms with van der Waals surface area (Å²) >= 11 is 0. The fourth-order valence-corrected chi connectivity index (χ4v) is 2.24. The van der Waals surface area contributed by atoms with Crippen molar-refractivity contribution in [1.29, 1.82) is 0 Å². The van der Waals surface area contributed by atoms with Crippen LogP contribution in [0, 0.1) is 11.8 Å². The lowest BCUT2D eigenvalue weighted by Crippen LogP contribution is -2.45. The van der Waals surface area contributed by atoms with E-state index in [2.05, 4.69) is 19.3 Å². The second-order valence-corrected chi connectivity index (χ2v) is 4.08. The molecule has 0 radical (unpaired) electrons. The minimum absolute atomic E-state index is 0.433. The molecule has 1 saturated heterocycles. The molecule has 0 aliphatic carbocycles. The number of nitrogens with one attached hydrogen (secondary N) is 1. The van der Waals surface area contributed by atoms with Gasteiger partial charge in [0.15, 0.2) is 0 Å². The predicted octanol–water partition coefficient (Wildman–Crippen LogP) is 1.29. The smallest absolute Gasteiger partial charge is 0.0510 e. The van der Waals surface area contributed by atoms with Crippen LogP contribution in [0.5, 0.6) is 0 Å². The first-order valence-electron chi connectivity index (χ1n) is 5.33. The maximum atomic E-state index is 5.58. The molecule has 3 atom stereocenters. The van der Waals surface area contributed by atoms with Crippen LogP contribution < -0.4 is 11.3 Å². The number of hydrogen-bond donors (Lipinski definition) is 2. The lowest BCUT2D eigenvalue weighted by atomic mass is 9.87. The maximum Gasteiger partial charge on any atom is 0.0510 e. The molecule has 0 amide bonds. The Labute approximate surface area is 81.0 Å². The number of hydrazine groups is 1. The molecule has 0 aromatic heterocycles. The van der Waals surface area contributed by atoms with Gasteiger partial charge >= 0.3 is 0 Å². The van der Waals surface area contributed by atoms with Crippen LogP contribution in [0.15, 0.2) is 0 Å². The van der Waals surface area contributed by atoms with Crippen LogP contribution >= 0.6 is 0 Å². The Kier molecular flexibility index (Phi) is 4.70. The Morgan fingerprint density at radius 1 is 1.62 bits per heavy atom. The highest BCUT2D eigenvalue weighted by Gasteiger charge is 2.28. The number of nitrogens with two attached hydrogens (primary N) is 1. The summed E-state index contributed by atoms with van der Waals surface area (Å²) in [7, 11) is 0. The van der Waals surface area contributed by atoms with Gasteiger partial charge in [-0.05, 0) is 18.8 Å². The second-order valence-electron chi connectivity index (χ2n) is 4.08. The molecule has 0 aromatic rings. The van der Waals surface area contributed by atoms with Crippen molar-refractivity contribution in [1.82, 2.24) is 5.43 Å². The molecule has 0 bridgehead atoms. The summed E-state index contributed by atoms with van der Waals surface area (Å²) in [6.45, 7) is 6.27. The minimum atomic E-state index is 0.433. The summed E-state index contributed by atoms with van der Waals surface area (Å²) in [5.74, 6) is 6.85. The van der Waals surface area contributed by atoms with Crippen molar-refractivity contribution >= 4 is 0 Å². The Balaban J connectivity index is 2.39. The molecule has 3 nitrogen and oxygen atoms in total. The van der Waals surface area contributed by atoms with Crippen molar-refractivity contribution in [2.24, 2.45) is 17.7 Å². The van der Waals surface area contributed by atoms with Crippen molar-refractivity contribution < 1.29 is 4.74 Å². The normalized spacial score (nSPS) is 27.5. The van der Waals surface area contributed by atoms with E-state index in [0.717, 1.165) is 19.6 Å². The highest BCUT2D eigenvalue weighted by Crippen LogP contribution is 2.23. The highest BCUT2D eigenvalue weighted by atomic mass is 16.5. The van der Waals surface area contributed by atoms with Crippen molar-refractivity contribution in [3.63, 3.8) is 0 Å². The van der Waals surface area contributed by atoms with E-state index in [1.54, 1.807) is 0 Å². The third kappa shape index (κ3) is 2.93. The van der Waals surface area contributed by atoms with Gasteiger partial charge < -0.3 is 4.74 Å². The van der Waals surface area contributed by atoms with E-state index in [1.807, 2.05) is 0 Å². The van der Waals surface area contributed by atoms with E-state index in [1.165, 1.54) is 12.8 Å². The zero-order chi connectivity index (χ0) is 9.68. The summed E-state index contributed by atoms with van der Waals surface area (Å²) in [6, 6.07) is 0.433. The zero-order valence-corrected chi connectivity index (χ0v) is 8.75. The standard InChI is InChI=1S/C10H22N2O/c1-3-4-8(2)10(12-11)9-5-6-13-7-9/h8-10,12H,3-7,11H2,1-2H3. The topological polar surface area (TPSA) is 47.3 Å². The second kappa shape index (κ2) is 5.58. The fraction of sp³-hybridized carbons (Fsp3) is 1.00. The number of ether oxygens (including phenoxy) is 1. The van der Waals surface area contributed by atoms with Gasteiger partial charge in [0.1, 0.15) is 0 Å². The van der Waals surface area contributed by atoms with Crippen LogP contribution in [0.25, 0.3) is 0 Å². The van der Waals surface area contributed by atoms with Gasteiger partial charge in [-0.15, -0.1) is 0 Å². The molecule has 1 heterocycles. The first-order valence-corrected chi connectivity index (χ1v) is 5.33. The average molecular weight is 186 g/mol. The third-order valence-corrected chi connectivity index (χ3v) is 3.02. The molecule has 0 spiro atoms. The fourth-order valence-electron chi connectivity index (χ4n) is 2.24. The summed E-state index contributed by atoms with van der Waals surface area (Å²) in [5.41, 5.74) is 2.95. The van der Waals surface area contributed by atoms with E-state index in [0.29, 0.717) is 17.9 Å². The summed E-state index contributed by atoms with van der Waals surface area (Å²) in [5, 5.41) is 0. The Hall–Kier alpha value is -0.120. The predicted molar refractivity (Wildman–Crippen MR) is 54.1 cm³/mol. The first-order chi connectivity index (χ1) is 6.29. The van der Waals surface area contributed by atoms with Gasteiger partial charge in [-0.3, -0.25) is 11.3 Å². The van der Waals surface area contributed by atoms with Crippen molar-refractivity contribution in [2.75, 3.05) is 13.2 Å². The number of hydrogen-bond acceptors (Lipinski definition) is 3. The highest BCUT2D eigenvalue weighted by molar-refractivity contribution is 4.81. The molecule has 3 unspecified atom stereocenters. The molecule has 1 fully saturated rings. The van der Waals surface area contributed by atoms with Crippen LogP contribution in [0.4, 0.5) is 0 Å². The SMILES string of the molecule is CCCC(C)C(NN)C1CCOC1. The Bertz CT molecular complexity index is 135. The molecule has 13 heavy (non-hydrogen) atoms. The molecule has 1 aliphatic heterocycles. The van der Waals surface area contributed by atoms with Crippen LogP contribution in [0.1, 0.15) is 33.1 Å². The third-order valence-electron chi connectivity index (χ3n) is 3.02. The van der Waals surface area contributed by atoms with E-state index in [9.17, 15) is 0 Å². The quantitative estimate of drug-likeness (QED) is 0.502. The van der Waals surface area contributed by atoms with Gasteiger partial charge in [-0.2, -0.15) is 0 Å². The van der Waals surface area contributed by atoms with E-state index >= 15 is 0 Å². The molecular weight excluding hydrogens is 164 g/mol. The molecule has 3 heteroatoms. The van der Waals surface area contributed by atoms with Crippen LogP contribution in [0.3, 0.4) is 0 Å². The maximum absolute atomic E-state index is 5.58. The zero-order valence-electron chi connectivity index (χ0n) is 8.75. The monoisotopic (exact) mass is 186 g/mol. The van der Waals surface area contributed by atoms with Crippen LogP contribution in [-0.2, 0) is 4.74 Å². The summed E-state index contributed by atoms with van der Waals surface area (Å²) < 4.78 is 5.37. The Morgan fingerprint density at radius 3 is 2.85 bits per heavy atom. The largest absolute Gasteiger partial charge is 0.381 e. The van der Waals surface area contributed by atoms with E-state index < -0.39 is 0 Å². The Morgan fingerprint density at radius 2 is 2.38 bits per heavy atom. The van der Waals surface area contributed by atoms with Crippen molar-refractivity contribution in [2.45, 2.75) is 39.2 Å². The van der Waals surface area contributed by atoms with Crippen molar-refractivity contribution in [3.05, 3.63) is 0 Å². The molecule has 0 saturated carbocycles. The van der Waals surface area contributed by atoms with Gasteiger partial charge in [0.05, 0.1) is 6.61 Å². The molecule has 0 aromatic carbocycles. The van der Waals surface area contributed by atoms with E-state index in [4.69, 9.17) is 10.6 Å². The molecule has 1 aliphatic rings. The van der Waals surface area contributed by atoms with Crippen molar-refractivity contribution in [3.8, 4) is 0 Å². The molecule has 78 valence electrons.